The second-order valence-corrected chi connectivity index (χ2v) is 3.49. The third kappa shape index (κ3) is 1.62. The molecule has 1 aromatic carbocycles. The molecule has 15 heavy (non-hydrogen) atoms. The summed E-state index contributed by atoms with van der Waals surface area (Å²) in [6, 6.07) is 7.58. The van der Waals surface area contributed by atoms with Crippen molar-refractivity contribution in [2.24, 2.45) is 0 Å². The number of carbonyl (C=O) groups is 1. The molecule has 80 valence electrons. The summed E-state index contributed by atoms with van der Waals surface area (Å²) in [5.74, 6) is -0.0429. The molecule has 0 saturated carbocycles. The van der Waals surface area contributed by atoms with E-state index in [0.717, 1.165) is 11.3 Å². The summed E-state index contributed by atoms with van der Waals surface area (Å²) in [6.45, 7) is 0. The number of nitrogens with zero attached hydrogens (tertiary/aromatic N) is 1. The van der Waals surface area contributed by atoms with Crippen molar-refractivity contribution in [2.75, 3.05) is 19.2 Å². The fourth-order valence-electron chi connectivity index (χ4n) is 1.86. The van der Waals surface area contributed by atoms with Crippen molar-refractivity contribution in [3.63, 3.8) is 0 Å². The van der Waals surface area contributed by atoms with Gasteiger partial charge in [0.25, 0.3) is 5.91 Å². The highest BCUT2D eigenvalue weighted by Gasteiger charge is 2.31. The molecule has 0 radical (unpaired) electrons. The first-order valence-electron chi connectivity index (χ1n) is 4.91. The zero-order valence-corrected chi connectivity index (χ0v) is 8.86. The van der Waals surface area contributed by atoms with Gasteiger partial charge in [-0.3, -0.25) is 9.63 Å². The van der Waals surface area contributed by atoms with E-state index in [2.05, 4.69) is 5.32 Å². The number of anilines is 1. The number of benzene rings is 1. The number of nitrogens with one attached hydrogen (secondary N) is 1. The van der Waals surface area contributed by atoms with E-state index in [9.17, 15) is 4.79 Å². The summed E-state index contributed by atoms with van der Waals surface area (Å²) in [5.41, 5.74) is 1.97. The molecule has 0 aromatic heterocycles. The van der Waals surface area contributed by atoms with Gasteiger partial charge in [0.15, 0.2) is 0 Å². The van der Waals surface area contributed by atoms with E-state index in [4.69, 9.17) is 4.84 Å². The molecular formula is C11H14N2O2. The summed E-state index contributed by atoms with van der Waals surface area (Å²) in [7, 11) is 3.29. The molecule has 1 atom stereocenters. The van der Waals surface area contributed by atoms with Crippen molar-refractivity contribution in [1.29, 1.82) is 0 Å². The first-order chi connectivity index (χ1) is 7.27. The molecule has 1 N–H and O–H groups in total. The zero-order valence-electron chi connectivity index (χ0n) is 8.86. The van der Waals surface area contributed by atoms with Crippen LogP contribution in [0.5, 0.6) is 0 Å². The lowest BCUT2D eigenvalue weighted by molar-refractivity contribution is -0.127. The van der Waals surface area contributed by atoms with E-state index in [1.165, 1.54) is 12.2 Å². The molecule has 4 heteroatoms. The molecule has 1 amide bonds. The Morgan fingerprint density at radius 3 is 2.87 bits per heavy atom. The molecule has 0 spiro atoms. The van der Waals surface area contributed by atoms with Crippen LogP contribution in [0.25, 0.3) is 0 Å². The number of likely N-dealkylation sites (N-methyl/N-ethyl adjacent to an activating group) is 1. The Bertz CT molecular complexity index is 379. The SMILES string of the molecule is CN[C@@H]1Cc2ccccc2N(OC)C1=O. The van der Waals surface area contributed by atoms with Crippen LogP contribution in [0.3, 0.4) is 0 Å². The number of hydroxylamine groups is 1. The fraction of sp³-hybridized carbons (Fsp3) is 0.364. The summed E-state index contributed by atoms with van der Waals surface area (Å²) in [4.78, 5) is 17.0. The van der Waals surface area contributed by atoms with Gasteiger partial charge in [-0.25, -0.2) is 0 Å². The van der Waals surface area contributed by atoms with Crippen LogP contribution in [-0.2, 0) is 16.1 Å². The number of fused-ring (bicyclic) bond motifs is 1. The third-order valence-corrected chi connectivity index (χ3v) is 2.66. The number of carbonyl (C=O) groups excluding carboxylic acids is 1. The van der Waals surface area contributed by atoms with E-state index >= 15 is 0 Å². The maximum absolute atomic E-state index is 11.9. The molecule has 1 aliphatic heterocycles. The van der Waals surface area contributed by atoms with Gasteiger partial charge >= 0.3 is 0 Å². The highest BCUT2D eigenvalue weighted by atomic mass is 16.7. The molecule has 0 saturated heterocycles. The van der Waals surface area contributed by atoms with E-state index in [1.807, 2.05) is 24.3 Å². The van der Waals surface area contributed by atoms with Crippen molar-refractivity contribution >= 4 is 11.6 Å². The van der Waals surface area contributed by atoms with Crippen molar-refractivity contribution in [1.82, 2.24) is 5.32 Å². The van der Waals surface area contributed by atoms with Crippen LogP contribution in [0.15, 0.2) is 24.3 Å². The Labute approximate surface area is 88.8 Å². The van der Waals surface area contributed by atoms with Gasteiger partial charge in [-0.2, -0.15) is 5.06 Å². The summed E-state index contributed by atoms with van der Waals surface area (Å²) >= 11 is 0. The van der Waals surface area contributed by atoms with E-state index in [-0.39, 0.29) is 11.9 Å². The van der Waals surface area contributed by atoms with Gasteiger partial charge in [0.2, 0.25) is 0 Å². The number of hydrogen-bond donors (Lipinski definition) is 1. The highest BCUT2D eigenvalue weighted by Crippen LogP contribution is 2.27. The van der Waals surface area contributed by atoms with Crippen LogP contribution >= 0.6 is 0 Å². The van der Waals surface area contributed by atoms with Gasteiger partial charge in [-0.1, -0.05) is 18.2 Å². The Balaban J connectivity index is 2.43. The Kier molecular flexibility index (Phi) is 2.70. The summed E-state index contributed by atoms with van der Waals surface area (Å²) in [6.07, 6.45) is 0.714. The minimum Gasteiger partial charge on any atom is -0.309 e. The predicted octanol–water partition coefficient (Wildman–Crippen LogP) is 0.725. The van der Waals surface area contributed by atoms with Gasteiger partial charge in [-0.15, -0.1) is 0 Å². The summed E-state index contributed by atoms with van der Waals surface area (Å²) < 4.78 is 0. The fourth-order valence-corrected chi connectivity index (χ4v) is 1.86. The van der Waals surface area contributed by atoms with Crippen LogP contribution in [0.1, 0.15) is 5.56 Å². The van der Waals surface area contributed by atoms with Gasteiger partial charge in [0, 0.05) is 0 Å². The van der Waals surface area contributed by atoms with Crippen LogP contribution in [-0.4, -0.2) is 26.1 Å². The normalized spacial score (nSPS) is 20.3. The van der Waals surface area contributed by atoms with Crippen molar-refractivity contribution < 1.29 is 9.63 Å². The molecule has 4 nitrogen and oxygen atoms in total. The molecule has 2 rings (SSSR count). The smallest absolute Gasteiger partial charge is 0.268 e. The largest absolute Gasteiger partial charge is 0.309 e. The van der Waals surface area contributed by atoms with Crippen molar-refractivity contribution in [2.45, 2.75) is 12.5 Å². The first kappa shape index (κ1) is 10.1. The van der Waals surface area contributed by atoms with Crippen LogP contribution < -0.4 is 10.4 Å². The molecule has 0 aliphatic carbocycles. The van der Waals surface area contributed by atoms with Gasteiger partial charge in [0.1, 0.15) is 0 Å². The minimum absolute atomic E-state index is 0.0429. The number of hydrogen-bond acceptors (Lipinski definition) is 3. The second kappa shape index (κ2) is 4.00. The van der Waals surface area contributed by atoms with Crippen LogP contribution in [0, 0.1) is 0 Å². The van der Waals surface area contributed by atoms with Crippen LogP contribution in [0.4, 0.5) is 5.69 Å². The van der Waals surface area contributed by atoms with Crippen LogP contribution in [0.2, 0.25) is 0 Å². The molecule has 1 heterocycles. The van der Waals surface area contributed by atoms with E-state index in [1.54, 1.807) is 7.05 Å². The minimum atomic E-state index is -0.195. The van der Waals surface area contributed by atoms with Gasteiger partial charge < -0.3 is 5.32 Å². The number of amides is 1. The molecule has 1 aliphatic rings. The van der Waals surface area contributed by atoms with Crippen molar-refractivity contribution in [3.05, 3.63) is 29.8 Å². The Hall–Kier alpha value is -1.39. The number of rotatable bonds is 2. The predicted molar refractivity (Wildman–Crippen MR) is 57.5 cm³/mol. The molecule has 0 bridgehead atoms. The van der Waals surface area contributed by atoms with Crippen molar-refractivity contribution in [3.8, 4) is 0 Å². The lowest BCUT2D eigenvalue weighted by Gasteiger charge is -2.31. The molecule has 0 fully saturated rings. The standard InChI is InChI=1S/C11H14N2O2/c1-12-9-7-8-5-3-4-6-10(8)13(15-2)11(9)14/h3-6,9,12H,7H2,1-2H3/t9-/m1/s1. The average molecular weight is 206 g/mol. The van der Waals surface area contributed by atoms with E-state index in [0.29, 0.717) is 6.42 Å². The molecular weight excluding hydrogens is 192 g/mol. The van der Waals surface area contributed by atoms with Gasteiger partial charge in [0.05, 0.1) is 18.8 Å². The maximum atomic E-state index is 11.9. The third-order valence-electron chi connectivity index (χ3n) is 2.66. The summed E-state index contributed by atoms with van der Waals surface area (Å²) in [5, 5.41) is 4.33. The first-order valence-corrected chi connectivity index (χ1v) is 4.91. The highest BCUT2D eigenvalue weighted by molar-refractivity contribution is 5.98. The quantitative estimate of drug-likeness (QED) is 0.775. The topological polar surface area (TPSA) is 41.6 Å². The molecule has 1 aromatic rings. The maximum Gasteiger partial charge on any atom is 0.268 e. The monoisotopic (exact) mass is 206 g/mol. The zero-order chi connectivity index (χ0) is 10.8. The Morgan fingerprint density at radius 1 is 1.47 bits per heavy atom. The molecule has 0 unspecified atom stereocenters. The lowest BCUT2D eigenvalue weighted by atomic mass is 9.99. The Morgan fingerprint density at radius 2 is 2.20 bits per heavy atom. The lowest BCUT2D eigenvalue weighted by Crippen LogP contribution is -2.49. The average Bonchev–Trinajstić information content (AvgIpc) is 2.28. The van der Waals surface area contributed by atoms with Gasteiger partial charge in [-0.05, 0) is 25.1 Å². The van der Waals surface area contributed by atoms with E-state index < -0.39 is 0 Å². The second-order valence-electron chi connectivity index (χ2n) is 3.49. The number of para-hydroxylation sites is 1.